The maximum atomic E-state index is 7.91. The standard InChI is InChI=1S/C11H23NO/c1-6-10(12)11(7-2,8-3)13-9(4)5/h9,12H,6-8H2,1-5H3. The molecule has 0 fully saturated rings. The van der Waals surface area contributed by atoms with E-state index >= 15 is 0 Å². The van der Waals surface area contributed by atoms with Crippen molar-refractivity contribution < 1.29 is 4.74 Å². The van der Waals surface area contributed by atoms with E-state index in [0.717, 1.165) is 25.0 Å². The summed E-state index contributed by atoms with van der Waals surface area (Å²) in [6.07, 6.45) is 2.78. The second kappa shape index (κ2) is 5.38. The molecule has 0 aliphatic carbocycles. The predicted octanol–water partition coefficient (Wildman–Crippen LogP) is 3.40. The highest BCUT2D eigenvalue weighted by molar-refractivity contribution is 5.89. The smallest absolute Gasteiger partial charge is 0.105 e. The summed E-state index contributed by atoms with van der Waals surface area (Å²) < 4.78 is 5.86. The lowest BCUT2D eigenvalue weighted by atomic mass is 9.89. The Kier molecular flexibility index (Phi) is 5.23. The highest BCUT2D eigenvalue weighted by Crippen LogP contribution is 2.25. The first-order chi connectivity index (χ1) is 6.02. The topological polar surface area (TPSA) is 33.1 Å². The lowest BCUT2D eigenvalue weighted by Gasteiger charge is -2.34. The van der Waals surface area contributed by atoms with Crippen LogP contribution in [0.15, 0.2) is 0 Å². The van der Waals surface area contributed by atoms with Gasteiger partial charge in [-0.15, -0.1) is 0 Å². The average Bonchev–Trinajstić information content (AvgIpc) is 2.12. The molecular weight excluding hydrogens is 162 g/mol. The van der Waals surface area contributed by atoms with Crippen LogP contribution in [0.2, 0.25) is 0 Å². The van der Waals surface area contributed by atoms with Gasteiger partial charge in [0.25, 0.3) is 0 Å². The SMILES string of the molecule is CCC(=N)C(CC)(CC)OC(C)C. The highest BCUT2D eigenvalue weighted by Gasteiger charge is 2.31. The Morgan fingerprint density at radius 3 is 1.92 bits per heavy atom. The largest absolute Gasteiger partial charge is 0.366 e. The van der Waals surface area contributed by atoms with Crippen LogP contribution in [-0.4, -0.2) is 17.4 Å². The number of rotatable bonds is 6. The quantitative estimate of drug-likeness (QED) is 0.632. The first-order valence-corrected chi connectivity index (χ1v) is 5.28. The zero-order valence-electron chi connectivity index (χ0n) is 9.61. The molecule has 0 saturated carbocycles. The van der Waals surface area contributed by atoms with Gasteiger partial charge in [-0.3, -0.25) is 0 Å². The molecule has 0 unspecified atom stereocenters. The van der Waals surface area contributed by atoms with E-state index in [-0.39, 0.29) is 11.7 Å². The number of ether oxygens (including phenoxy) is 1. The Morgan fingerprint density at radius 1 is 1.23 bits per heavy atom. The maximum Gasteiger partial charge on any atom is 0.105 e. The van der Waals surface area contributed by atoms with Crippen molar-refractivity contribution in [2.75, 3.05) is 0 Å². The molecule has 0 aliphatic rings. The van der Waals surface area contributed by atoms with Gasteiger partial charge in [-0.1, -0.05) is 20.8 Å². The summed E-state index contributed by atoms with van der Waals surface area (Å²) in [5, 5.41) is 7.91. The Morgan fingerprint density at radius 2 is 1.69 bits per heavy atom. The molecule has 0 atom stereocenters. The van der Waals surface area contributed by atoms with Gasteiger partial charge in [0, 0.05) is 5.71 Å². The van der Waals surface area contributed by atoms with Gasteiger partial charge in [0.1, 0.15) is 5.60 Å². The molecule has 1 N–H and O–H groups in total. The minimum atomic E-state index is -0.303. The van der Waals surface area contributed by atoms with E-state index in [2.05, 4.69) is 13.8 Å². The molecule has 0 saturated heterocycles. The monoisotopic (exact) mass is 185 g/mol. The summed E-state index contributed by atoms with van der Waals surface area (Å²) in [7, 11) is 0. The van der Waals surface area contributed by atoms with Crippen LogP contribution >= 0.6 is 0 Å². The molecule has 0 amide bonds. The van der Waals surface area contributed by atoms with Gasteiger partial charge in [-0.05, 0) is 33.1 Å². The van der Waals surface area contributed by atoms with Gasteiger partial charge >= 0.3 is 0 Å². The molecule has 0 radical (unpaired) electrons. The van der Waals surface area contributed by atoms with Gasteiger partial charge in [-0.2, -0.15) is 0 Å². The molecule has 0 rings (SSSR count). The second-order valence-electron chi connectivity index (χ2n) is 3.70. The first-order valence-electron chi connectivity index (χ1n) is 5.28. The minimum Gasteiger partial charge on any atom is -0.366 e. The molecule has 0 aromatic carbocycles. The van der Waals surface area contributed by atoms with Crippen molar-refractivity contribution >= 4 is 5.71 Å². The predicted molar refractivity (Wildman–Crippen MR) is 57.6 cm³/mol. The molecule has 13 heavy (non-hydrogen) atoms. The Bertz CT molecular complexity index is 159. The number of nitrogens with one attached hydrogen (secondary N) is 1. The van der Waals surface area contributed by atoms with Crippen LogP contribution in [0.3, 0.4) is 0 Å². The molecule has 78 valence electrons. The third-order valence-corrected chi connectivity index (χ3v) is 2.51. The van der Waals surface area contributed by atoms with Crippen molar-refractivity contribution in [3.05, 3.63) is 0 Å². The van der Waals surface area contributed by atoms with Crippen LogP contribution in [-0.2, 0) is 4.74 Å². The zero-order chi connectivity index (χ0) is 10.5. The third-order valence-electron chi connectivity index (χ3n) is 2.51. The third kappa shape index (κ3) is 3.11. The Labute approximate surface area is 82.2 Å². The number of hydrogen-bond acceptors (Lipinski definition) is 2. The van der Waals surface area contributed by atoms with E-state index < -0.39 is 0 Å². The van der Waals surface area contributed by atoms with E-state index in [0.29, 0.717) is 0 Å². The van der Waals surface area contributed by atoms with Crippen molar-refractivity contribution in [3.63, 3.8) is 0 Å². The van der Waals surface area contributed by atoms with Crippen molar-refractivity contribution in [2.45, 2.75) is 65.6 Å². The maximum absolute atomic E-state index is 7.91. The lowest BCUT2D eigenvalue weighted by molar-refractivity contribution is -0.0392. The molecule has 0 aromatic rings. The molecule has 0 bridgehead atoms. The van der Waals surface area contributed by atoms with Crippen LogP contribution in [0.4, 0.5) is 0 Å². The second-order valence-corrected chi connectivity index (χ2v) is 3.70. The molecule has 2 nitrogen and oxygen atoms in total. The molecule has 0 aromatic heterocycles. The van der Waals surface area contributed by atoms with Gasteiger partial charge in [0.15, 0.2) is 0 Å². The van der Waals surface area contributed by atoms with Gasteiger partial charge in [0.05, 0.1) is 6.10 Å². The van der Waals surface area contributed by atoms with E-state index in [1.807, 2.05) is 20.8 Å². The summed E-state index contributed by atoms with van der Waals surface area (Å²) in [6, 6.07) is 0. The average molecular weight is 185 g/mol. The van der Waals surface area contributed by atoms with Crippen LogP contribution in [0.5, 0.6) is 0 Å². The van der Waals surface area contributed by atoms with Crippen molar-refractivity contribution in [2.24, 2.45) is 0 Å². The Balaban J connectivity index is 4.58. The van der Waals surface area contributed by atoms with Gasteiger partial charge in [0.2, 0.25) is 0 Å². The fourth-order valence-corrected chi connectivity index (χ4v) is 1.69. The van der Waals surface area contributed by atoms with Crippen LogP contribution in [0, 0.1) is 5.41 Å². The van der Waals surface area contributed by atoms with E-state index in [1.165, 1.54) is 0 Å². The molecule has 2 heteroatoms. The first kappa shape index (κ1) is 12.6. The summed E-state index contributed by atoms with van der Waals surface area (Å²) in [4.78, 5) is 0. The van der Waals surface area contributed by atoms with E-state index in [1.54, 1.807) is 0 Å². The van der Waals surface area contributed by atoms with Crippen molar-refractivity contribution in [1.82, 2.24) is 0 Å². The van der Waals surface area contributed by atoms with Crippen LogP contribution < -0.4 is 0 Å². The summed E-state index contributed by atoms with van der Waals surface area (Å²) >= 11 is 0. The fourth-order valence-electron chi connectivity index (χ4n) is 1.69. The number of hydrogen-bond donors (Lipinski definition) is 1. The van der Waals surface area contributed by atoms with Gasteiger partial charge < -0.3 is 10.1 Å². The molecule has 0 aliphatic heterocycles. The highest BCUT2D eigenvalue weighted by atomic mass is 16.5. The minimum absolute atomic E-state index is 0.201. The van der Waals surface area contributed by atoms with Crippen molar-refractivity contribution in [1.29, 1.82) is 5.41 Å². The summed E-state index contributed by atoms with van der Waals surface area (Å²) in [5.41, 5.74) is 0.425. The summed E-state index contributed by atoms with van der Waals surface area (Å²) in [6.45, 7) is 10.3. The van der Waals surface area contributed by atoms with Gasteiger partial charge in [-0.25, -0.2) is 0 Å². The van der Waals surface area contributed by atoms with Crippen molar-refractivity contribution in [3.8, 4) is 0 Å². The lowest BCUT2D eigenvalue weighted by Crippen LogP contribution is -2.41. The molecule has 0 spiro atoms. The fraction of sp³-hybridized carbons (Fsp3) is 0.909. The van der Waals surface area contributed by atoms with E-state index in [4.69, 9.17) is 10.1 Å². The van der Waals surface area contributed by atoms with E-state index in [9.17, 15) is 0 Å². The van der Waals surface area contributed by atoms with Crippen LogP contribution in [0.1, 0.15) is 53.9 Å². The molecule has 0 heterocycles. The van der Waals surface area contributed by atoms with Crippen LogP contribution in [0.25, 0.3) is 0 Å². The summed E-state index contributed by atoms with van der Waals surface area (Å²) in [5.74, 6) is 0. The Hall–Kier alpha value is -0.370. The normalized spacial score (nSPS) is 12.2. The molecular formula is C11H23NO. The zero-order valence-corrected chi connectivity index (χ0v) is 9.61.